The molecule has 0 saturated heterocycles. The Morgan fingerprint density at radius 2 is 1.80 bits per heavy atom. The van der Waals surface area contributed by atoms with Crippen molar-refractivity contribution in [3.8, 4) is 0 Å². The molecule has 0 aromatic carbocycles. The number of hydrogen-bond donors (Lipinski definition) is 1. The fourth-order valence-corrected chi connectivity index (χ4v) is 0.388. The molecule has 0 spiro atoms. The van der Waals surface area contributed by atoms with Gasteiger partial charge in [-0.1, -0.05) is 0 Å². The largest absolute Gasteiger partial charge is 0.479 e. The van der Waals surface area contributed by atoms with Gasteiger partial charge >= 0.3 is 11.9 Å². The maximum atomic E-state index is 10.3. The van der Waals surface area contributed by atoms with Gasteiger partial charge in [0.1, 0.15) is 0 Å². The molecule has 15 heavy (non-hydrogen) atoms. The van der Waals surface area contributed by atoms with Crippen LogP contribution >= 0.6 is 0 Å². The average Bonchev–Trinajstić information content (AvgIpc) is 2.25. The first-order valence-electron chi connectivity index (χ1n) is 4.30. The Bertz CT molecular complexity index is 179. The number of esters is 1. The molecule has 0 aliphatic heterocycles. The summed E-state index contributed by atoms with van der Waals surface area (Å²) in [4.78, 5) is 20.1. The highest BCUT2D eigenvalue weighted by molar-refractivity contribution is 5.71. The van der Waals surface area contributed by atoms with E-state index in [4.69, 9.17) is 5.11 Å². The van der Waals surface area contributed by atoms with Crippen molar-refractivity contribution in [1.29, 1.82) is 0 Å². The standard InChI is InChI=1S/C5H10O3.C4H8O3/c1-7-4-3-5(6)8-2;1-3(7-2)4(5)6/h3-4H2,1-2H3;3H,1-2H3,(H,5,6). The SMILES string of the molecule is COC(C)C(=O)O.COCCC(=O)OC. The fourth-order valence-electron chi connectivity index (χ4n) is 0.388. The lowest BCUT2D eigenvalue weighted by Gasteiger charge is -1.98. The number of carbonyl (C=O) groups excluding carboxylic acids is 1. The van der Waals surface area contributed by atoms with Gasteiger partial charge in [-0.2, -0.15) is 0 Å². The van der Waals surface area contributed by atoms with Crippen LogP contribution in [0.4, 0.5) is 0 Å². The first kappa shape index (κ1) is 16.3. The van der Waals surface area contributed by atoms with E-state index in [9.17, 15) is 9.59 Å². The molecule has 0 bridgehead atoms. The highest BCUT2D eigenvalue weighted by atomic mass is 16.5. The molecular weight excluding hydrogens is 204 g/mol. The lowest BCUT2D eigenvalue weighted by molar-refractivity contribution is -0.147. The Kier molecular flexibility index (Phi) is 11.9. The quantitative estimate of drug-likeness (QED) is 0.674. The molecule has 1 atom stereocenters. The third-order valence-electron chi connectivity index (χ3n) is 1.44. The Hall–Kier alpha value is -1.14. The van der Waals surface area contributed by atoms with Crippen molar-refractivity contribution < 1.29 is 28.9 Å². The first-order chi connectivity index (χ1) is 6.99. The molecular formula is C9H18O6. The molecule has 0 saturated carbocycles. The van der Waals surface area contributed by atoms with Crippen LogP contribution in [-0.4, -0.2) is 51.1 Å². The van der Waals surface area contributed by atoms with Gasteiger partial charge in [0.25, 0.3) is 0 Å². The van der Waals surface area contributed by atoms with E-state index in [-0.39, 0.29) is 5.97 Å². The minimum Gasteiger partial charge on any atom is -0.479 e. The second kappa shape index (κ2) is 10.9. The van der Waals surface area contributed by atoms with Crippen molar-refractivity contribution >= 4 is 11.9 Å². The van der Waals surface area contributed by atoms with Crippen LogP contribution in [0.3, 0.4) is 0 Å². The minimum absolute atomic E-state index is 0.230. The van der Waals surface area contributed by atoms with Gasteiger partial charge in [0.15, 0.2) is 6.10 Å². The van der Waals surface area contributed by atoms with E-state index in [0.717, 1.165) is 0 Å². The van der Waals surface area contributed by atoms with Gasteiger partial charge in [-0.25, -0.2) is 4.79 Å². The molecule has 0 aliphatic carbocycles. The molecule has 0 heterocycles. The van der Waals surface area contributed by atoms with E-state index in [1.807, 2.05) is 0 Å². The smallest absolute Gasteiger partial charge is 0.332 e. The van der Waals surface area contributed by atoms with Crippen molar-refractivity contribution in [2.45, 2.75) is 19.4 Å². The minimum atomic E-state index is -0.928. The van der Waals surface area contributed by atoms with Crippen LogP contribution in [-0.2, 0) is 23.8 Å². The summed E-state index contributed by atoms with van der Waals surface area (Å²) in [6.07, 6.45) is -0.340. The normalized spacial score (nSPS) is 10.9. The van der Waals surface area contributed by atoms with E-state index < -0.39 is 12.1 Å². The van der Waals surface area contributed by atoms with Crippen LogP contribution in [0.15, 0.2) is 0 Å². The molecule has 1 N–H and O–H groups in total. The van der Waals surface area contributed by atoms with Crippen molar-refractivity contribution in [3.63, 3.8) is 0 Å². The van der Waals surface area contributed by atoms with Crippen molar-refractivity contribution in [2.75, 3.05) is 27.9 Å². The molecule has 0 aromatic rings. The second-order valence-corrected chi connectivity index (χ2v) is 2.54. The maximum absolute atomic E-state index is 10.3. The third-order valence-corrected chi connectivity index (χ3v) is 1.44. The Labute approximate surface area is 89.1 Å². The number of carboxylic acid groups (broad SMARTS) is 1. The van der Waals surface area contributed by atoms with Crippen molar-refractivity contribution in [2.24, 2.45) is 0 Å². The first-order valence-corrected chi connectivity index (χ1v) is 4.30. The molecule has 0 rings (SSSR count). The molecule has 6 heteroatoms. The highest BCUT2D eigenvalue weighted by Crippen LogP contribution is 1.83. The molecule has 90 valence electrons. The number of ether oxygens (including phenoxy) is 3. The number of aliphatic carboxylic acids is 1. The number of methoxy groups -OCH3 is 3. The van der Waals surface area contributed by atoms with Gasteiger partial charge in [0, 0.05) is 14.2 Å². The number of carbonyl (C=O) groups is 2. The summed E-state index contributed by atoms with van der Waals surface area (Å²) in [6.45, 7) is 1.91. The maximum Gasteiger partial charge on any atom is 0.332 e. The summed E-state index contributed by atoms with van der Waals surface area (Å²) in [5.41, 5.74) is 0. The van der Waals surface area contributed by atoms with Crippen LogP contribution in [0.2, 0.25) is 0 Å². The molecule has 0 fully saturated rings. The van der Waals surface area contributed by atoms with E-state index in [1.165, 1.54) is 21.1 Å². The molecule has 0 aromatic heterocycles. The van der Waals surface area contributed by atoms with Crippen molar-refractivity contribution in [1.82, 2.24) is 0 Å². The molecule has 0 amide bonds. The van der Waals surface area contributed by atoms with Gasteiger partial charge in [0.2, 0.25) is 0 Å². The summed E-state index contributed by atoms with van der Waals surface area (Å²) < 4.78 is 13.4. The van der Waals surface area contributed by atoms with Crippen molar-refractivity contribution in [3.05, 3.63) is 0 Å². The fraction of sp³-hybridized carbons (Fsp3) is 0.778. The second-order valence-electron chi connectivity index (χ2n) is 2.54. The summed E-state index contributed by atoms with van der Waals surface area (Å²) in [6, 6.07) is 0. The lowest BCUT2D eigenvalue weighted by Crippen LogP contribution is -2.17. The summed E-state index contributed by atoms with van der Waals surface area (Å²) in [5.74, 6) is -1.16. The Morgan fingerprint density at radius 3 is 2.00 bits per heavy atom. The van der Waals surface area contributed by atoms with Crippen LogP contribution in [0.5, 0.6) is 0 Å². The van der Waals surface area contributed by atoms with Gasteiger partial charge in [0.05, 0.1) is 20.1 Å². The molecule has 6 nitrogen and oxygen atoms in total. The average molecular weight is 222 g/mol. The van der Waals surface area contributed by atoms with Crippen LogP contribution < -0.4 is 0 Å². The highest BCUT2D eigenvalue weighted by Gasteiger charge is 2.06. The summed E-state index contributed by atoms with van der Waals surface area (Å²) in [5, 5.41) is 8.06. The van der Waals surface area contributed by atoms with E-state index >= 15 is 0 Å². The summed E-state index contributed by atoms with van der Waals surface area (Å²) in [7, 11) is 4.26. The molecule has 0 radical (unpaired) electrons. The van der Waals surface area contributed by atoms with Crippen LogP contribution in [0, 0.1) is 0 Å². The summed E-state index contributed by atoms with van der Waals surface area (Å²) >= 11 is 0. The number of hydrogen-bond acceptors (Lipinski definition) is 5. The Balaban J connectivity index is 0. The van der Waals surface area contributed by atoms with Gasteiger partial charge in [-0.05, 0) is 6.92 Å². The van der Waals surface area contributed by atoms with Crippen LogP contribution in [0.1, 0.15) is 13.3 Å². The third kappa shape index (κ3) is 12.9. The zero-order chi connectivity index (χ0) is 12.3. The lowest BCUT2D eigenvalue weighted by atomic mass is 10.4. The van der Waals surface area contributed by atoms with E-state index in [1.54, 1.807) is 7.11 Å². The van der Waals surface area contributed by atoms with E-state index in [0.29, 0.717) is 13.0 Å². The van der Waals surface area contributed by atoms with Crippen LogP contribution in [0.25, 0.3) is 0 Å². The zero-order valence-corrected chi connectivity index (χ0v) is 9.48. The van der Waals surface area contributed by atoms with Gasteiger partial charge in [-0.15, -0.1) is 0 Å². The Morgan fingerprint density at radius 1 is 1.27 bits per heavy atom. The number of carboxylic acids is 1. The zero-order valence-electron chi connectivity index (χ0n) is 9.48. The van der Waals surface area contributed by atoms with Gasteiger partial charge in [-0.3, -0.25) is 4.79 Å². The topological polar surface area (TPSA) is 82.1 Å². The monoisotopic (exact) mass is 222 g/mol. The predicted molar refractivity (Wildman–Crippen MR) is 52.6 cm³/mol. The molecule has 0 aliphatic rings. The van der Waals surface area contributed by atoms with E-state index in [2.05, 4.69) is 14.2 Å². The predicted octanol–water partition coefficient (Wildman–Crippen LogP) is 0.302. The molecule has 1 unspecified atom stereocenters. The van der Waals surface area contributed by atoms with Gasteiger partial charge < -0.3 is 19.3 Å². The number of rotatable bonds is 5.